The second-order valence-electron chi connectivity index (χ2n) is 3.91. The van der Waals surface area contributed by atoms with Crippen LogP contribution in [0.5, 0.6) is 0 Å². The maximum absolute atomic E-state index is 5.66. The summed E-state index contributed by atoms with van der Waals surface area (Å²) in [4.78, 5) is 7.52. The highest BCUT2D eigenvalue weighted by atomic mass is 32.1. The van der Waals surface area contributed by atoms with E-state index in [4.69, 9.17) is 17.0 Å². The molecule has 84 valence electrons. The number of H-pyrrole nitrogens is 1. The lowest BCUT2D eigenvalue weighted by Gasteiger charge is -2.20. The van der Waals surface area contributed by atoms with E-state index in [9.17, 15) is 0 Å². The van der Waals surface area contributed by atoms with Gasteiger partial charge in [0.25, 0.3) is 0 Å². The van der Waals surface area contributed by atoms with E-state index in [1.807, 2.05) is 19.9 Å². The molecule has 0 fully saturated rings. The van der Waals surface area contributed by atoms with E-state index in [0.717, 1.165) is 11.5 Å². The highest BCUT2D eigenvalue weighted by molar-refractivity contribution is 7.71. The van der Waals surface area contributed by atoms with E-state index in [-0.39, 0.29) is 6.10 Å². The third-order valence-electron chi connectivity index (χ3n) is 2.12. The Morgan fingerprint density at radius 3 is 2.67 bits per heavy atom. The molecule has 0 amide bonds. The lowest BCUT2D eigenvalue weighted by atomic mass is 10.1. The Morgan fingerprint density at radius 1 is 1.53 bits per heavy atom. The first-order valence-corrected chi connectivity index (χ1v) is 5.65. The molecule has 0 aromatic carbocycles. The van der Waals surface area contributed by atoms with Crippen molar-refractivity contribution in [1.82, 2.24) is 9.97 Å². The standard InChI is InChI=1S/C11H18N2OS/c1-5-14-10(7(2)3)11-12-8(4)6-9(15)13-11/h6-7,10H,5H2,1-4H3,(H,12,13,15). The van der Waals surface area contributed by atoms with Crippen LogP contribution in [0.1, 0.15) is 38.4 Å². The van der Waals surface area contributed by atoms with Crippen molar-refractivity contribution >= 4 is 12.2 Å². The van der Waals surface area contributed by atoms with Gasteiger partial charge >= 0.3 is 0 Å². The van der Waals surface area contributed by atoms with E-state index in [1.54, 1.807) is 0 Å². The number of nitrogens with zero attached hydrogens (tertiary/aromatic N) is 1. The van der Waals surface area contributed by atoms with Gasteiger partial charge in [0.05, 0.1) is 0 Å². The Morgan fingerprint density at radius 2 is 2.20 bits per heavy atom. The van der Waals surface area contributed by atoms with Crippen LogP contribution in [0, 0.1) is 17.5 Å². The normalized spacial score (nSPS) is 13.1. The highest BCUT2D eigenvalue weighted by Crippen LogP contribution is 2.22. The topological polar surface area (TPSA) is 37.9 Å². The number of aromatic amines is 1. The zero-order chi connectivity index (χ0) is 11.4. The first kappa shape index (κ1) is 12.3. The maximum Gasteiger partial charge on any atom is 0.137 e. The molecule has 0 aliphatic carbocycles. The largest absolute Gasteiger partial charge is 0.370 e. The molecule has 0 bridgehead atoms. The molecule has 0 saturated heterocycles. The fourth-order valence-electron chi connectivity index (χ4n) is 1.50. The molecule has 1 atom stereocenters. The summed E-state index contributed by atoms with van der Waals surface area (Å²) >= 11 is 5.09. The summed E-state index contributed by atoms with van der Waals surface area (Å²) in [6.45, 7) is 8.87. The molecular weight excluding hydrogens is 208 g/mol. The fraction of sp³-hybridized carbons (Fsp3) is 0.636. The minimum atomic E-state index is -0.00315. The Kier molecular flexibility index (Phi) is 4.42. The molecule has 1 heterocycles. The molecule has 0 aliphatic heterocycles. The molecule has 1 aromatic rings. The number of aryl methyl sites for hydroxylation is 1. The van der Waals surface area contributed by atoms with E-state index in [0.29, 0.717) is 17.2 Å². The van der Waals surface area contributed by atoms with Crippen LogP contribution in [-0.4, -0.2) is 16.6 Å². The SMILES string of the molecule is CCOC(c1nc(=S)cc(C)[nH]1)C(C)C. The van der Waals surface area contributed by atoms with E-state index in [2.05, 4.69) is 23.8 Å². The third-order valence-corrected chi connectivity index (χ3v) is 2.33. The molecule has 1 rings (SSSR count). The van der Waals surface area contributed by atoms with Gasteiger partial charge in [0, 0.05) is 12.3 Å². The van der Waals surface area contributed by atoms with Crippen LogP contribution in [0.25, 0.3) is 0 Å². The van der Waals surface area contributed by atoms with Gasteiger partial charge in [0.2, 0.25) is 0 Å². The molecule has 0 saturated carbocycles. The second kappa shape index (κ2) is 5.37. The number of aromatic nitrogens is 2. The van der Waals surface area contributed by atoms with Crippen LogP contribution in [0.15, 0.2) is 6.07 Å². The van der Waals surface area contributed by atoms with Crippen molar-refractivity contribution in [3.8, 4) is 0 Å². The van der Waals surface area contributed by atoms with E-state index in [1.165, 1.54) is 0 Å². The Bertz CT molecular complexity index is 373. The molecule has 1 aromatic heterocycles. The number of nitrogens with one attached hydrogen (secondary N) is 1. The van der Waals surface area contributed by atoms with Gasteiger partial charge in [-0.2, -0.15) is 0 Å². The first-order chi connectivity index (χ1) is 7.04. The molecule has 0 spiro atoms. The van der Waals surface area contributed by atoms with Crippen molar-refractivity contribution in [2.45, 2.75) is 33.8 Å². The van der Waals surface area contributed by atoms with Gasteiger partial charge in [-0.25, -0.2) is 4.98 Å². The van der Waals surface area contributed by atoms with Crippen molar-refractivity contribution in [3.63, 3.8) is 0 Å². The molecular formula is C11H18N2OS. The Labute approximate surface area is 95.9 Å². The minimum absolute atomic E-state index is 0.00315. The van der Waals surface area contributed by atoms with Gasteiger partial charge in [0.15, 0.2) is 0 Å². The molecule has 0 radical (unpaired) electrons. The van der Waals surface area contributed by atoms with Gasteiger partial charge in [-0.1, -0.05) is 26.1 Å². The molecule has 1 unspecified atom stereocenters. The number of rotatable bonds is 4. The smallest absolute Gasteiger partial charge is 0.137 e. The summed E-state index contributed by atoms with van der Waals surface area (Å²) in [5.41, 5.74) is 1.02. The van der Waals surface area contributed by atoms with Crippen molar-refractivity contribution < 1.29 is 4.74 Å². The van der Waals surface area contributed by atoms with Gasteiger partial charge in [-0.3, -0.25) is 0 Å². The minimum Gasteiger partial charge on any atom is -0.370 e. The van der Waals surface area contributed by atoms with Crippen LogP contribution in [-0.2, 0) is 4.74 Å². The fourth-order valence-corrected chi connectivity index (χ4v) is 1.78. The molecule has 1 N–H and O–H groups in total. The second-order valence-corrected chi connectivity index (χ2v) is 4.33. The average Bonchev–Trinajstić information content (AvgIpc) is 2.11. The monoisotopic (exact) mass is 226 g/mol. The quantitative estimate of drug-likeness (QED) is 0.801. The lowest BCUT2D eigenvalue weighted by molar-refractivity contribution is 0.0230. The van der Waals surface area contributed by atoms with Crippen molar-refractivity contribution in [3.05, 3.63) is 22.2 Å². The number of hydrogen-bond donors (Lipinski definition) is 1. The average molecular weight is 226 g/mol. The zero-order valence-corrected chi connectivity index (χ0v) is 10.5. The lowest BCUT2D eigenvalue weighted by Crippen LogP contribution is -2.15. The van der Waals surface area contributed by atoms with Crippen LogP contribution in [0.3, 0.4) is 0 Å². The summed E-state index contributed by atoms with van der Waals surface area (Å²) in [6, 6.07) is 1.85. The van der Waals surface area contributed by atoms with Crippen molar-refractivity contribution in [2.75, 3.05) is 6.61 Å². The number of hydrogen-bond acceptors (Lipinski definition) is 3. The van der Waals surface area contributed by atoms with Gasteiger partial charge < -0.3 is 9.72 Å². The predicted molar refractivity (Wildman–Crippen MR) is 63.4 cm³/mol. The molecule has 0 aliphatic rings. The zero-order valence-electron chi connectivity index (χ0n) is 9.70. The van der Waals surface area contributed by atoms with Crippen molar-refractivity contribution in [2.24, 2.45) is 5.92 Å². The summed E-state index contributed by atoms with van der Waals surface area (Å²) in [5.74, 6) is 1.21. The summed E-state index contributed by atoms with van der Waals surface area (Å²) in [6.07, 6.45) is -0.00315. The van der Waals surface area contributed by atoms with Crippen LogP contribution in [0.4, 0.5) is 0 Å². The highest BCUT2D eigenvalue weighted by Gasteiger charge is 2.18. The summed E-state index contributed by atoms with van der Waals surface area (Å²) in [5, 5.41) is 0. The van der Waals surface area contributed by atoms with E-state index >= 15 is 0 Å². The number of ether oxygens (including phenoxy) is 1. The van der Waals surface area contributed by atoms with Crippen molar-refractivity contribution in [1.29, 1.82) is 0 Å². The van der Waals surface area contributed by atoms with Crippen LogP contribution < -0.4 is 0 Å². The Hall–Kier alpha value is -0.740. The third kappa shape index (κ3) is 3.39. The van der Waals surface area contributed by atoms with Gasteiger partial charge in [0.1, 0.15) is 16.6 Å². The Balaban J connectivity index is 3.05. The van der Waals surface area contributed by atoms with Gasteiger partial charge in [-0.15, -0.1) is 0 Å². The molecule has 3 nitrogen and oxygen atoms in total. The molecule has 15 heavy (non-hydrogen) atoms. The first-order valence-electron chi connectivity index (χ1n) is 5.24. The van der Waals surface area contributed by atoms with Crippen LogP contribution in [0.2, 0.25) is 0 Å². The predicted octanol–water partition coefficient (Wildman–Crippen LogP) is 3.18. The summed E-state index contributed by atoms with van der Waals surface area (Å²) in [7, 11) is 0. The summed E-state index contributed by atoms with van der Waals surface area (Å²) < 4.78 is 6.28. The van der Waals surface area contributed by atoms with Crippen LogP contribution >= 0.6 is 12.2 Å². The maximum atomic E-state index is 5.66. The van der Waals surface area contributed by atoms with E-state index < -0.39 is 0 Å². The molecule has 4 heteroatoms. The van der Waals surface area contributed by atoms with Gasteiger partial charge in [-0.05, 0) is 25.8 Å².